The van der Waals surface area contributed by atoms with Crippen molar-refractivity contribution in [2.24, 2.45) is 11.8 Å². The van der Waals surface area contributed by atoms with Crippen molar-refractivity contribution in [2.75, 3.05) is 19.3 Å². The molecule has 2 fully saturated rings. The van der Waals surface area contributed by atoms with Crippen LogP contribution in [0.3, 0.4) is 0 Å². The zero-order valence-corrected chi connectivity index (χ0v) is 25.2. The number of benzene rings is 1. The number of imidazole rings is 1. The van der Waals surface area contributed by atoms with E-state index in [0.29, 0.717) is 24.2 Å². The van der Waals surface area contributed by atoms with Crippen LogP contribution in [-0.4, -0.2) is 78.8 Å². The van der Waals surface area contributed by atoms with Crippen molar-refractivity contribution in [1.82, 2.24) is 14.2 Å². The number of aromatic nitrogens is 2. The number of nitrogens with zero attached hydrogens (tertiary/aromatic N) is 5. The quantitative estimate of drug-likeness (QED) is 0.126. The largest absolute Gasteiger partial charge is 0.477 e. The number of ether oxygens (including phenoxy) is 1. The van der Waals surface area contributed by atoms with Gasteiger partial charge in [0.1, 0.15) is 24.5 Å². The highest BCUT2D eigenvalue weighted by molar-refractivity contribution is 7.98. The molecule has 2 amide bonds. The summed E-state index contributed by atoms with van der Waals surface area (Å²) in [5, 5.41) is 32.0. The van der Waals surface area contributed by atoms with Crippen LogP contribution in [0.5, 0.6) is 0 Å². The third-order valence-electron chi connectivity index (χ3n) is 8.52. The second-order valence-electron chi connectivity index (χ2n) is 11.0. The van der Waals surface area contributed by atoms with Crippen molar-refractivity contribution in [3.8, 4) is 0 Å². The fourth-order valence-corrected chi connectivity index (χ4v) is 8.69. The van der Waals surface area contributed by atoms with E-state index >= 15 is 0 Å². The fourth-order valence-electron chi connectivity index (χ4n) is 6.46. The summed E-state index contributed by atoms with van der Waals surface area (Å²) in [6.45, 7) is 4.45. The lowest BCUT2D eigenvalue weighted by Crippen LogP contribution is -2.63. The molecule has 3 aliphatic heterocycles. The summed E-state index contributed by atoms with van der Waals surface area (Å²) in [7, 11) is 0. The molecule has 0 unspecified atom stereocenters. The molecule has 5 heterocycles. The number of aliphatic hydroxyl groups is 1. The van der Waals surface area contributed by atoms with Crippen LogP contribution in [0, 0.1) is 22.0 Å². The Labute approximate surface area is 254 Å². The van der Waals surface area contributed by atoms with Gasteiger partial charge in [-0.1, -0.05) is 30.0 Å². The van der Waals surface area contributed by atoms with E-state index in [1.165, 1.54) is 28.4 Å². The van der Waals surface area contributed by atoms with Gasteiger partial charge in [0.05, 0.1) is 34.4 Å². The molecule has 1 aromatic carbocycles. The van der Waals surface area contributed by atoms with Crippen LogP contribution in [0.1, 0.15) is 36.8 Å². The van der Waals surface area contributed by atoms with Crippen LogP contribution in [0.2, 0.25) is 0 Å². The number of carbonyl (C=O) groups is 3. The first-order chi connectivity index (χ1) is 20.5. The minimum Gasteiger partial charge on any atom is -0.477 e. The van der Waals surface area contributed by atoms with E-state index in [9.17, 15) is 34.7 Å². The Bertz CT molecular complexity index is 1680. The third-order valence-corrected chi connectivity index (χ3v) is 10.6. The Morgan fingerprint density at radius 3 is 2.65 bits per heavy atom. The molecule has 2 saturated heterocycles. The van der Waals surface area contributed by atoms with Gasteiger partial charge >= 0.3 is 12.1 Å². The lowest BCUT2D eigenvalue weighted by Gasteiger charge is -2.46. The van der Waals surface area contributed by atoms with Crippen LogP contribution in [0.4, 0.5) is 10.5 Å². The highest BCUT2D eigenvalue weighted by Crippen LogP contribution is 2.51. The monoisotopic (exact) mass is 628 g/mol. The van der Waals surface area contributed by atoms with Crippen molar-refractivity contribution < 1.29 is 38.8 Å². The number of aliphatic hydroxyl groups excluding tert-OH is 1. The zero-order chi connectivity index (χ0) is 30.7. The van der Waals surface area contributed by atoms with Crippen LogP contribution >= 0.6 is 23.1 Å². The van der Waals surface area contributed by atoms with Gasteiger partial charge in [-0.2, -0.15) is 4.40 Å². The number of fused-ring (bicyclic) bond motifs is 2. The molecular weight excluding hydrogens is 598 g/mol. The molecule has 2 aromatic heterocycles. The van der Waals surface area contributed by atoms with E-state index in [1.807, 2.05) is 30.1 Å². The lowest BCUT2D eigenvalue weighted by molar-refractivity contribution is -0.751. The predicted octanol–water partition coefficient (Wildman–Crippen LogP) is 3.16. The number of carboxylic acids is 1. The molecule has 15 heteroatoms. The molecule has 13 nitrogen and oxygen atoms in total. The SMILES string of the molecule is CSc1c2sc(C3=C(C(=O)O)N4C(=O)[C@H]([C@@H](C)O)[C@H]4[C@H]3C)cn2c[n+]1[C@H]1CCN(C(=O)OCc2ccc([N+](=O)[O-])cc2)C1. The van der Waals surface area contributed by atoms with Crippen LogP contribution in [0.15, 0.2) is 47.5 Å². The van der Waals surface area contributed by atoms with Gasteiger partial charge in [-0.15, -0.1) is 0 Å². The molecule has 0 saturated carbocycles. The van der Waals surface area contributed by atoms with Gasteiger partial charge in [0, 0.05) is 36.6 Å². The second kappa shape index (κ2) is 11.0. The first-order valence-electron chi connectivity index (χ1n) is 13.7. The maximum absolute atomic E-state index is 12.8. The fraction of sp³-hybridized carbons (Fsp3) is 0.429. The summed E-state index contributed by atoms with van der Waals surface area (Å²) in [5.41, 5.74) is 1.22. The first-order valence-corrected chi connectivity index (χ1v) is 15.8. The number of rotatable bonds is 8. The molecule has 226 valence electrons. The molecule has 5 atom stereocenters. The topological polar surface area (TPSA) is 159 Å². The van der Waals surface area contributed by atoms with E-state index in [2.05, 4.69) is 4.57 Å². The Hall–Kier alpha value is -3.95. The average molecular weight is 629 g/mol. The van der Waals surface area contributed by atoms with Crippen molar-refractivity contribution in [2.45, 2.75) is 50.1 Å². The number of thioether (sulfide) groups is 1. The molecular formula is C28H30N5O8S2+. The maximum atomic E-state index is 12.8. The third kappa shape index (κ3) is 4.75. The second-order valence-corrected chi connectivity index (χ2v) is 12.9. The number of aliphatic carboxylic acids is 1. The van der Waals surface area contributed by atoms with Crippen LogP contribution < -0.4 is 4.57 Å². The van der Waals surface area contributed by atoms with E-state index in [4.69, 9.17) is 4.74 Å². The lowest BCUT2D eigenvalue weighted by atomic mass is 9.77. The van der Waals surface area contributed by atoms with Gasteiger partial charge < -0.3 is 24.7 Å². The molecule has 6 rings (SSSR count). The molecule has 0 radical (unpaired) electrons. The van der Waals surface area contributed by atoms with Gasteiger partial charge in [0.2, 0.25) is 15.8 Å². The number of carboxylic acid groups (broad SMARTS) is 1. The van der Waals surface area contributed by atoms with E-state index in [1.54, 1.807) is 35.7 Å². The average Bonchev–Trinajstić information content (AvgIpc) is 3.72. The molecule has 0 aliphatic carbocycles. The zero-order valence-electron chi connectivity index (χ0n) is 23.6. The molecule has 2 N–H and O–H groups in total. The summed E-state index contributed by atoms with van der Waals surface area (Å²) in [5.74, 6) is -2.39. The van der Waals surface area contributed by atoms with Crippen LogP contribution in [-0.2, 0) is 20.9 Å². The van der Waals surface area contributed by atoms with Crippen molar-refractivity contribution >= 4 is 57.2 Å². The molecule has 3 aromatic rings. The number of nitro groups is 1. The smallest absolute Gasteiger partial charge is 0.410 e. The Balaban J connectivity index is 1.19. The van der Waals surface area contributed by atoms with Crippen molar-refractivity contribution in [3.63, 3.8) is 0 Å². The van der Waals surface area contributed by atoms with Gasteiger partial charge in [0.25, 0.3) is 12.0 Å². The van der Waals surface area contributed by atoms with Crippen molar-refractivity contribution in [3.05, 3.63) is 63.0 Å². The summed E-state index contributed by atoms with van der Waals surface area (Å²) in [6, 6.07) is 5.50. The van der Waals surface area contributed by atoms with Gasteiger partial charge in [-0.25, -0.2) is 14.2 Å². The maximum Gasteiger partial charge on any atom is 0.410 e. The highest BCUT2D eigenvalue weighted by atomic mass is 32.2. The number of amides is 2. The minimum atomic E-state index is -1.16. The van der Waals surface area contributed by atoms with Gasteiger partial charge in [-0.3, -0.25) is 14.9 Å². The van der Waals surface area contributed by atoms with E-state index in [-0.39, 0.29) is 41.9 Å². The van der Waals surface area contributed by atoms with Gasteiger partial charge in [0.15, 0.2) is 0 Å². The Morgan fingerprint density at radius 1 is 1.30 bits per heavy atom. The molecule has 3 aliphatic rings. The van der Waals surface area contributed by atoms with Crippen LogP contribution in [0.25, 0.3) is 10.4 Å². The summed E-state index contributed by atoms with van der Waals surface area (Å²) < 4.78 is 9.56. The van der Waals surface area contributed by atoms with Gasteiger partial charge in [-0.05, 0) is 30.9 Å². The number of likely N-dealkylation sites (tertiary alicyclic amines) is 1. The number of hydrogen-bond donors (Lipinski definition) is 2. The predicted molar refractivity (Wildman–Crippen MR) is 155 cm³/mol. The summed E-state index contributed by atoms with van der Waals surface area (Å²) in [6.07, 6.45) is 5.22. The molecule has 43 heavy (non-hydrogen) atoms. The Morgan fingerprint density at radius 2 is 2.02 bits per heavy atom. The normalized spacial score (nSPS) is 24.0. The molecule has 0 spiro atoms. The molecule has 0 bridgehead atoms. The number of thiazole rings is 1. The Kier molecular flexibility index (Phi) is 7.42. The van der Waals surface area contributed by atoms with Crippen molar-refractivity contribution in [1.29, 1.82) is 0 Å². The van der Waals surface area contributed by atoms with E-state index in [0.717, 1.165) is 21.2 Å². The minimum absolute atomic E-state index is 0.00972. The number of β-lactam (4-membered cyclic amide) rings is 1. The summed E-state index contributed by atoms with van der Waals surface area (Å²) >= 11 is 3.02. The number of hydrogen-bond acceptors (Lipinski definition) is 9. The number of non-ortho nitro benzene ring substituents is 1. The standard InChI is InChI=1S/C28H29N5O8S2/c1-14-20(23(27(36)37)32-22(14)21(15(2)34)24(32)35)19-11-30-13-31(26(42-3)25(30)43-19)18-8-9-29(10-18)28(38)41-12-16-4-6-17(7-5-16)33(39)40/h4-7,11,13-15,18,21-22,34H,8-10,12H2,1-3H3/p+1/t14-,15+,18-,21+,22+/m0/s1. The van der Waals surface area contributed by atoms with E-state index < -0.39 is 29.0 Å². The first kappa shape index (κ1) is 29.1. The number of carbonyl (C=O) groups excluding carboxylic acids is 2. The number of nitro benzene ring substituents is 1. The summed E-state index contributed by atoms with van der Waals surface area (Å²) in [4.78, 5) is 52.9. The highest BCUT2D eigenvalue weighted by Gasteiger charge is 2.60.